The van der Waals surface area contributed by atoms with Crippen LogP contribution in [0.5, 0.6) is 0 Å². The maximum absolute atomic E-state index is 4.48. The van der Waals surface area contributed by atoms with Crippen LogP contribution in [0.2, 0.25) is 0 Å². The van der Waals surface area contributed by atoms with E-state index in [9.17, 15) is 0 Å². The minimum absolute atomic E-state index is 0.560. The summed E-state index contributed by atoms with van der Waals surface area (Å²) < 4.78 is 1.98. The van der Waals surface area contributed by atoms with Crippen LogP contribution in [0.15, 0.2) is 0 Å². The summed E-state index contributed by atoms with van der Waals surface area (Å²) in [6.45, 7) is 9.35. The number of nitrogens with zero attached hydrogens (tertiary/aromatic N) is 2. The van der Waals surface area contributed by atoms with Crippen LogP contribution in [0, 0.1) is 25.7 Å². The van der Waals surface area contributed by atoms with E-state index in [0.29, 0.717) is 6.04 Å². The molecule has 0 bridgehead atoms. The fourth-order valence-corrected chi connectivity index (χ4v) is 2.51. The van der Waals surface area contributed by atoms with Crippen molar-refractivity contribution in [3.8, 4) is 11.8 Å². The van der Waals surface area contributed by atoms with Crippen LogP contribution in [0.1, 0.15) is 50.1 Å². The highest BCUT2D eigenvalue weighted by molar-refractivity contribution is 5.24. The van der Waals surface area contributed by atoms with E-state index in [1.54, 1.807) is 0 Å². The lowest BCUT2D eigenvalue weighted by Gasteiger charge is -2.16. The Labute approximate surface area is 117 Å². The Balaban J connectivity index is 2.56. The normalized spacial score (nSPS) is 12.1. The summed E-state index contributed by atoms with van der Waals surface area (Å²) in [5, 5.41) is 8.05. The molecule has 3 nitrogen and oxygen atoms in total. The first kappa shape index (κ1) is 15.8. The lowest BCUT2D eigenvalue weighted by atomic mass is 10.0. The molecule has 0 spiro atoms. The molecule has 0 aliphatic heterocycles. The molecule has 3 heteroatoms. The maximum atomic E-state index is 4.48. The van der Waals surface area contributed by atoms with Crippen molar-refractivity contribution in [3.63, 3.8) is 0 Å². The lowest BCUT2D eigenvalue weighted by Crippen LogP contribution is -2.29. The lowest BCUT2D eigenvalue weighted by molar-refractivity contribution is 0.469. The second-order valence-corrected chi connectivity index (χ2v) is 5.03. The first-order valence-electron chi connectivity index (χ1n) is 7.22. The average Bonchev–Trinajstić information content (AvgIpc) is 2.61. The molecule has 19 heavy (non-hydrogen) atoms. The van der Waals surface area contributed by atoms with Crippen LogP contribution < -0.4 is 5.32 Å². The summed E-state index contributed by atoms with van der Waals surface area (Å²) in [6, 6.07) is 0.560. The van der Waals surface area contributed by atoms with E-state index in [0.717, 1.165) is 32.2 Å². The van der Waals surface area contributed by atoms with Crippen molar-refractivity contribution in [1.82, 2.24) is 15.1 Å². The topological polar surface area (TPSA) is 29.9 Å². The fourth-order valence-electron chi connectivity index (χ4n) is 2.51. The molecular weight excluding hydrogens is 234 g/mol. The monoisotopic (exact) mass is 261 g/mol. The van der Waals surface area contributed by atoms with Crippen molar-refractivity contribution in [1.29, 1.82) is 0 Å². The third-order valence-electron chi connectivity index (χ3n) is 3.69. The van der Waals surface area contributed by atoms with Gasteiger partial charge in [0, 0.05) is 25.2 Å². The van der Waals surface area contributed by atoms with Gasteiger partial charge >= 0.3 is 0 Å². The SMILES string of the molecule is CC#CCCC(CCc1c(C)nn(C)c1C)NCC. The van der Waals surface area contributed by atoms with E-state index in [1.165, 1.54) is 17.0 Å². The van der Waals surface area contributed by atoms with Crippen molar-refractivity contribution in [2.24, 2.45) is 7.05 Å². The second-order valence-electron chi connectivity index (χ2n) is 5.03. The van der Waals surface area contributed by atoms with Crippen molar-refractivity contribution in [2.45, 2.75) is 59.4 Å². The largest absolute Gasteiger partial charge is 0.314 e. The van der Waals surface area contributed by atoms with Gasteiger partial charge in [0.05, 0.1) is 5.69 Å². The second kappa shape index (κ2) is 8.01. The maximum Gasteiger partial charge on any atom is 0.0628 e. The van der Waals surface area contributed by atoms with Crippen molar-refractivity contribution >= 4 is 0 Å². The molecule has 0 aliphatic rings. The minimum Gasteiger partial charge on any atom is -0.314 e. The molecule has 0 radical (unpaired) electrons. The Morgan fingerprint density at radius 1 is 1.32 bits per heavy atom. The summed E-state index contributed by atoms with van der Waals surface area (Å²) >= 11 is 0. The molecule has 1 atom stereocenters. The zero-order chi connectivity index (χ0) is 14.3. The molecule has 0 saturated heterocycles. The van der Waals surface area contributed by atoms with E-state index >= 15 is 0 Å². The smallest absolute Gasteiger partial charge is 0.0628 e. The van der Waals surface area contributed by atoms with Gasteiger partial charge in [0.2, 0.25) is 0 Å². The van der Waals surface area contributed by atoms with Crippen molar-refractivity contribution in [3.05, 3.63) is 17.0 Å². The highest BCUT2D eigenvalue weighted by Crippen LogP contribution is 2.16. The van der Waals surface area contributed by atoms with Crippen LogP contribution in [0.4, 0.5) is 0 Å². The molecule has 0 saturated carbocycles. The Morgan fingerprint density at radius 3 is 2.58 bits per heavy atom. The highest BCUT2D eigenvalue weighted by Gasteiger charge is 2.12. The Kier molecular flexibility index (Phi) is 6.66. The van der Waals surface area contributed by atoms with Crippen LogP contribution >= 0.6 is 0 Å². The Bertz CT molecular complexity index is 449. The summed E-state index contributed by atoms with van der Waals surface area (Å²) in [6.07, 6.45) is 4.38. The molecule has 0 aliphatic carbocycles. The van der Waals surface area contributed by atoms with Crippen molar-refractivity contribution in [2.75, 3.05) is 6.54 Å². The minimum atomic E-state index is 0.560. The van der Waals surface area contributed by atoms with Gasteiger partial charge < -0.3 is 5.32 Å². The zero-order valence-electron chi connectivity index (χ0n) is 13.0. The van der Waals surface area contributed by atoms with Gasteiger partial charge in [-0.2, -0.15) is 5.10 Å². The molecule has 0 aromatic carbocycles. The van der Waals surface area contributed by atoms with E-state index in [4.69, 9.17) is 0 Å². The van der Waals surface area contributed by atoms with Gasteiger partial charge in [-0.3, -0.25) is 4.68 Å². The molecule has 1 aromatic heterocycles. The van der Waals surface area contributed by atoms with E-state index in [1.807, 2.05) is 18.7 Å². The standard InChI is InChI=1S/C16H27N3/c1-6-8-9-10-15(17-7-2)11-12-16-13(3)18-19(5)14(16)4/h15,17H,7,9-12H2,1-5H3. The van der Waals surface area contributed by atoms with Crippen LogP contribution in [-0.2, 0) is 13.5 Å². The van der Waals surface area contributed by atoms with Crippen molar-refractivity contribution < 1.29 is 0 Å². The number of hydrogen-bond acceptors (Lipinski definition) is 2. The summed E-state index contributed by atoms with van der Waals surface area (Å²) in [7, 11) is 2.02. The third kappa shape index (κ3) is 4.72. The number of aromatic nitrogens is 2. The molecule has 0 fully saturated rings. The first-order chi connectivity index (χ1) is 9.10. The van der Waals surface area contributed by atoms with Gasteiger partial charge in [-0.25, -0.2) is 0 Å². The number of aryl methyl sites for hydroxylation is 2. The molecule has 106 valence electrons. The van der Waals surface area contributed by atoms with Gasteiger partial charge in [0.25, 0.3) is 0 Å². The van der Waals surface area contributed by atoms with Gasteiger partial charge in [-0.05, 0) is 52.1 Å². The molecule has 1 heterocycles. The predicted molar refractivity (Wildman–Crippen MR) is 81.2 cm³/mol. The predicted octanol–water partition coefficient (Wildman–Crippen LogP) is 2.75. The molecule has 1 rings (SSSR count). The van der Waals surface area contributed by atoms with Crippen LogP contribution in [0.25, 0.3) is 0 Å². The Hall–Kier alpha value is -1.27. The Morgan fingerprint density at radius 2 is 2.05 bits per heavy atom. The molecular formula is C16H27N3. The van der Waals surface area contributed by atoms with Crippen LogP contribution in [-0.4, -0.2) is 22.4 Å². The summed E-state index contributed by atoms with van der Waals surface area (Å²) in [5.74, 6) is 6.13. The van der Waals surface area contributed by atoms with E-state index in [2.05, 4.69) is 43.0 Å². The number of nitrogens with one attached hydrogen (secondary N) is 1. The van der Waals surface area contributed by atoms with E-state index < -0.39 is 0 Å². The molecule has 1 N–H and O–H groups in total. The average molecular weight is 261 g/mol. The molecule has 1 unspecified atom stereocenters. The highest BCUT2D eigenvalue weighted by atomic mass is 15.3. The third-order valence-corrected chi connectivity index (χ3v) is 3.69. The van der Waals surface area contributed by atoms with Gasteiger partial charge in [0.1, 0.15) is 0 Å². The first-order valence-corrected chi connectivity index (χ1v) is 7.22. The van der Waals surface area contributed by atoms with Gasteiger partial charge in [-0.15, -0.1) is 11.8 Å². The van der Waals surface area contributed by atoms with E-state index in [-0.39, 0.29) is 0 Å². The van der Waals surface area contributed by atoms with Gasteiger partial charge in [-0.1, -0.05) is 6.92 Å². The quantitative estimate of drug-likeness (QED) is 0.765. The molecule has 1 aromatic rings. The molecule has 0 amide bonds. The zero-order valence-corrected chi connectivity index (χ0v) is 13.0. The van der Waals surface area contributed by atoms with Gasteiger partial charge in [0.15, 0.2) is 0 Å². The number of rotatable bonds is 7. The summed E-state index contributed by atoms with van der Waals surface area (Å²) in [5.41, 5.74) is 3.87. The number of hydrogen-bond donors (Lipinski definition) is 1. The fraction of sp³-hybridized carbons (Fsp3) is 0.688. The summed E-state index contributed by atoms with van der Waals surface area (Å²) in [4.78, 5) is 0. The van der Waals surface area contributed by atoms with Crippen LogP contribution in [0.3, 0.4) is 0 Å².